The van der Waals surface area contributed by atoms with E-state index in [0.717, 1.165) is 37.9 Å². The minimum absolute atomic E-state index is 0.190. The normalized spacial score (nSPS) is 20.2. The number of aromatic nitrogens is 1. The molecule has 1 aliphatic rings. The van der Waals surface area contributed by atoms with Gasteiger partial charge in [-0.2, -0.15) is 0 Å². The van der Waals surface area contributed by atoms with Crippen molar-refractivity contribution < 1.29 is 4.79 Å². The summed E-state index contributed by atoms with van der Waals surface area (Å²) in [5.74, 6) is 0.190. The third kappa shape index (κ3) is 3.53. The smallest absolute Gasteiger partial charge is 0.227 e. The summed E-state index contributed by atoms with van der Waals surface area (Å²) in [6.45, 7) is 2.08. The second-order valence-corrected chi connectivity index (χ2v) is 4.88. The highest BCUT2D eigenvalue weighted by Crippen LogP contribution is 2.13. The largest absolute Gasteiger partial charge is 0.342 e. The second kappa shape index (κ2) is 6.50. The number of nitrogens with zero attached hydrogens (tertiary/aromatic N) is 2. The fourth-order valence-electron chi connectivity index (χ4n) is 2.39. The standard InChI is InChI=1S/C14H21N3O/c1-17(13-5-3-7-15-9-6-13)14(18)10-12-4-2-8-16-11-12/h2,4,8,11,13,15H,3,5-7,9-10H2,1H3. The maximum atomic E-state index is 12.2. The molecule has 0 radical (unpaired) electrons. The lowest BCUT2D eigenvalue weighted by Crippen LogP contribution is -2.38. The fraction of sp³-hybridized carbons (Fsp3) is 0.571. The van der Waals surface area contributed by atoms with E-state index in [4.69, 9.17) is 0 Å². The van der Waals surface area contributed by atoms with Gasteiger partial charge in [0.05, 0.1) is 6.42 Å². The molecular weight excluding hydrogens is 226 g/mol. The van der Waals surface area contributed by atoms with Gasteiger partial charge in [-0.15, -0.1) is 0 Å². The van der Waals surface area contributed by atoms with E-state index in [-0.39, 0.29) is 5.91 Å². The van der Waals surface area contributed by atoms with E-state index in [1.807, 2.05) is 24.1 Å². The number of carbonyl (C=O) groups is 1. The molecule has 0 spiro atoms. The molecule has 1 unspecified atom stereocenters. The van der Waals surface area contributed by atoms with Crippen LogP contribution in [0.1, 0.15) is 24.8 Å². The minimum Gasteiger partial charge on any atom is -0.342 e. The lowest BCUT2D eigenvalue weighted by atomic mass is 10.1. The highest BCUT2D eigenvalue weighted by atomic mass is 16.2. The van der Waals surface area contributed by atoms with Gasteiger partial charge in [-0.3, -0.25) is 9.78 Å². The highest BCUT2D eigenvalue weighted by Gasteiger charge is 2.20. The van der Waals surface area contributed by atoms with Gasteiger partial charge in [0.2, 0.25) is 5.91 Å². The molecule has 0 aromatic carbocycles. The first-order chi connectivity index (χ1) is 8.77. The molecule has 1 N–H and O–H groups in total. The summed E-state index contributed by atoms with van der Waals surface area (Å²) >= 11 is 0. The Hall–Kier alpha value is -1.42. The predicted octanol–water partition coefficient (Wildman–Crippen LogP) is 1.22. The van der Waals surface area contributed by atoms with Crippen LogP contribution in [0.15, 0.2) is 24.5 Å². The summed E-state index contributed by atoms with van der Waals surface area (Å²) in [7, 11) is 1.93. The first-order valence-corrected chi connectivity index (χ1v) is 6.62. The zero-order valence-electron chi connectivity index (χ0n) is 10.9. The first kappa shape index (κ1) is 13.0. The van der Waals surface area contributed by atoms with E-state index in [1.165, 1.54) is 0 Å². The average Bonchev–Trinajstić information content (AvgIpc) is 2.68. The number of nitrogens with one attached hydrogen (secondary N) is 1. The van der Waals surface area contributed by atoms with Crippen molar-refractivity contribution in [1.82, 2.24) is 15.2 Å². The van der Waals surface area contributed by atoms with Crippen LogP contribution in [0.2, 0.25) is 0 Å². The minimum atomic E-state index is 0.190. The van der Waals surface area contributed by atoms with Gasteiger partial charge in [-0.05, 0) is 44.0 Å². The van der Waals surface area contributed by atoms with Gasteiger partial charge in [-0.25, -0.2) is 0 Å². The molecule has 2 rings (SSSR count). The van der Waals surface area contributed by atoms with Crippen LogP contribution in [-0.2, 0) is 11.2 Å². The molecule has 1 amide bonds. The Bertz CT molecular complexity index is 372. The lowest BCUT2D eigenvalue weighted by Gasteiger charge is -2.27. The van der Waals surface area contributed by atoms with E-state index < -0.39 is 0 Å². The van der Waals surface area contributed by atoms with Gasteiger partial charge < -0.3 is 10.2 Å². The molecule has 18 heavy (non-hydrogen) atoms. The monoisotopic (exact) mass is 247 g/mol. The molecule has 1 aliphatic heterocycles. The predicted molar refractivity (Wildman–Crippen MR) is 71.2 cm³/mol. The molecule has 1 saturated heterocycles. The summed E-state index contributed by atoms with van der Waals surface area (Å²) in [5.41, 5.74) is 0.987. The number of pyridine rings is 1. The molecule has 98 valence electrons. The number of hydrogen-bond donors (Lipinski definition) is 1. The van der Waals surface area contributed by atoms with E-state index in [9.17, 15) is 4.79 Å². The maximum absolute atomic E-state index is 12.2. The SMILES string of the molecule is CN(C(=O)Cc1cccnc1)C1CCCNCC1. The van der Waals surface area contributed by atoms with Gasteiger partial charge in [0.25, 0.3) is 0 Å². The zero-order valence-corrected chi connectivity index (χ0v) is 10.9. The number of likely N-dealkylation sites (N-methyl/N-ethyl adjacent to an activating group) is 1. The van der Waals surface area contributed by atoms with E-state index in [1.54, 1.807) is 12.4 Å². The van der Waals surface area contributed by atoms with Crippen molar-refractivity contribution in [1.29, 1.82) is 0 Å². The summed E-state index contributed by atoms with van der Waals surface area (Å²) < 4.78 is 0. The highest BCUT2D eigenvalue weighted by molar-refractivity contribution is 5.78. The molecule has 0 saturated carbocycles. The van der Waals surface area contributed by atoms with Crippen LogP contribution in [0.25, 0.3) is 0 Å². The number of carbonyl (C=O) groups excluding carboxylic acids is 1. The molecule has 1 aromatic heterocycles. The van der Waals surface area contributed by atoms with Crippen molar-refractivity contribution in [2.24, 2.45) is 0 Å². The zero-order chi connectivity index (χ0) is 12.8. The van der Waals surface area contributed by atoms with Crippen LogP contribution in [-0.4, -0.2) is 42.0 Å². The Balaban J connectivity index is 1.91. The van der Waals surface area contributed by atoms with Crippen molar-refractivity contribution in [3.63, 3.8) is 0 Å². The summed E-state index contributed by atoms with van der Waals surface area (Å²) in [4.78, 5) is 18.2. The number of hydrogen-bond acceptors (Lipinski definition) is 3. The number of amides is 1. The van der Waals surface area contributed by atoms with Gasteiger partial charge in [0.15, 0.2) is 0 Å². The van der Waals surface area contributed by atoms with Crippen LogP contribution in [0.4, 0.5) is 0 Å². The molecule has 4 heteroatoms. The Morgan fingerprint density at radius 2 is 2.39 bits per heavy atom. The Morgan fingerprint density at radius 1 is 1.50 bits per heavy atom. The Morgan fingerprint density at radius 3 is 3.17 bits per heavy atom. The van der Waals surface area contributed by atoms with E-state index in [0.29, 0.717) is 12.5 Å². The van der Waals surface area contributed by atoms with Crippen LogP contribution in [0.5, 0.6) is 0 Å². The first-order valence-electron chi connectivity index (χ1n) is 6.62. The molecule has 1 aromatic rings. The van der Waals surface area contributed by atoms with Crippen molar-refractivity contribution in [2.75, 3.05) is 20.1 Å². The van der Waals surface area contributed by atoms with Gasteiger partial charge in [0.1, 0.15) is 0 Å². The summed E-state index contributed by atoms with van der Waals surface area (Å²) in [5, 5.41) is 3.37. The van der Waals surface area contributed by atoms with Gasteiger partial charge in [0, 0.05) is 25.5 Å². The second-order valence-electron chi connectivity index (χ2n) is 4.88. The Kier molecular flexibility index (Phi) is 4.70. The van der Waals surface area contributed by atoms with Crippen LogP contribution >= 0.6 is 0 Å². The molecule has 4 nitrogen and oxygen atoms in total. The third-order valence-electron chi connectivity index (χ3n) is 3.56. The van der Waals surface area contributed by atoms with Gasteiger partial charge >= 0.3 is 0 Å². The van der Waals surface area contributed by atoms with Crippen molar-refractivity contribution in [2.45, 2.75) is 31.7 Å². The third-order valence-corrected chi connectivity index (χ3v) is 3.56. The number of rotatable bonds is 3. The quantitative estimate of drug-likeness (QED) is 0.873. The van der Waals surface area contributed by atoms with Crippen molar-refractivity contribution >= 4 is 5.91 Å². The molecule has 0 bridgehead atoms. The van der Waals surface area contributed by atoms with Crippen LogP contribution in [0.3, 0.4) is 0 Å². The summed E-state index contributed by atoms with van der Waals surface area (Å²) in [6.07, 6.45) is 7.25. The molecule has 1 fully saturated rings. The molecular formula is C14H21N3O. The van der Waals surface area contributed by atoms with Crippen molar-refractivity contribution in [3.05, 3.63) is 30.1 Å². The summed E-state index contributed by atoms with van der Waals surface area (Å²) in [6, 6.07) is 4.20. The molecule has 2 heterocycles. The van der Waals surface area contributed by atoms with E-state index in [2.05, 4.69) is 10.3 Å². The fourth-order valence-corrected chi connectivity index (χ4v) is 2.39. The van der Waals surface area contributed by atoms with Crippen molar-refractivity contribution in [3.8, 4) is 0 Å². The Labute approximate surface area is 108 Å². The van der Waals surface area contributed by atoms with Gasteiger partial charge in [-0.1, -0.05) is 6.07 Å². The lowest BCUT2D eigenvalue weighted by molar-refractivity contribution is -0.131. The molecule has 1 atom stereocenters. The van der Waals surface area contributed by atoms with Crippen LogP contribution in [0, 0.1) is 0 Å². The maximum Gasteiger partial charge on any atom is 0.227 e. The average molecular weight is 247 g/mol. The van der Waals surface area contributed by atoms with Crippen LogP contribution < -0.4 is 5.32 Å². The topological polar surface area (TPSA) is 45.2 Å². The molecule has 0 aliphatic carbocycles. The van der Waals surface area contributed by atoms with E-state index >= 15 is 0 Å².